The molecular formula is C12H21ClN4O3S. The highest BCUT2D eigenvalue weighted by Crippen LogP contribution is 2.31. The summed E-state index contributed by atoms with van der Waals surface area (Å²) in [5.74, 6) is 0.0959. The molecule has 0 aromatic carbocycles. The van der Waals surface area contributed by atoms with Gasteiger partial charge in [0.2, 0.25) is 10.0 Å². The lowest BCUT2D eigenvalue weighted by atomic mass is 10.2. The SMILES string of the molecule is CNC(=O)c1cc(S(=O)(=O)NCC(N)C2CC2)cn1C.Cl. The van der Waals surface area contributed by atoms with Crippen LogP contribution in [0.5, 0.6) is 0 Å². The smallest absolute Gasteiger partial charge is 0.267 e. The highest BCUT2D eigenvalue weighted by atomic mass is 35.5. The van der Waals surface area contributed by atoms with E-state index in [1.807, 2.05) is 0 Å². The second-order valence-corrected chi connectivity index (χ2v) is 6.87. The Labute approximate surface area is 130 Å². The number of halogens is 1. The van der Waals surface area contributed by atoms with Gasteiger partial charge in [-0.15, -0.1) is 12.4 Å². The number of nitrogens with two attached hydrogens (primary N) is 1. The minimum absolute atomic E-state index is 0. The summed E-state index contributed by atoms with van der Waals surface area (Å²) in [5, 5.41) is 2.47. The number of aryl methyl sites for hydroxylation is 1. The van der Waals surface area contributed by atoms with Crippen LogP contribution in [0.2, 0.25) is 0 Å². The molecule has 0 saturated heterocycles. The minimum Gasteiger partial charge on any atom is -0.354 e. The molecule has 1 saturated carbocycles. The molecule has 2 rings (SSSR count). The van der Waals surface area contributed by atoms with Gasteiger partial charge in [-0.25, -0.2) is 13.1 Å². The minimum atomic E-state index is -3.64. The van der Waals surface area contributed by atoms with Crippen LogP contribution in [0.25, 0.3) is 0 Å². The number of rotatable bonds is 6. The first-order chi connectivity index (χ1) is 9.35. The normalized spacial score (nSPS) is 16.1. The first kappa shape index (κ1) is 18.0. The van der Waals surface area contributed by atoms with Crippen molar-refractivity contribution < 1.29 is 13.2 Å². The number of aromatic nitrogens is 1. The van der Waals surface area contributed by atoms with Crippen LogP contribution in [-0.2, 0) is 17.1 Å². The first-order valence-electron chi connectivity index (χ1n) is 6.49. The van der Waals surface area contributed by atoms with E-state index in [1.54, 1.807) is 7.05 Å². The zero-order valence-corrected chi connectivity index (χ0v) is 13.6. The Morgan fingerprint density at radius 1 is 1.52 bits per heavy atom. The Bertz CT molecular complexity index is 610. The monoisotopic (exact) mass is 336 g/mol. The van der Waals surface area contributed by atoms with E-state index in [0.717, 1.165) is 12.8 Å². The molecule has 0 radical (unpaired) electrons. The molecule has 21 heavy (non-hydrogen) atoms. The number of amides is 1. The average molecular weight is 337 g/mol. The number of sulfonamides is 1. The molecule has 7 nitrogen and oxygen atoms in total. The average Bonchev–Trinajstić information content (AvgIpc) is 3.18. The Morgan fingerprint density at radius 2 is 2.14 bits per heavy atom. The molecule has 1 unspecified atom stereocenters. The largest absolute Gasteiger partial charge is 0.354 e. The molecule has 0 spiro atoms. The van der Waals surface area contributed by atoms with Crippen LogP contribution in [0, 0.1) is 5.92 Å². The van der Waals surface area contributed by atoms with Crippen molar-refractivity contribution in [3.8, 4) is 0 Å². The summed E-state index contributed by atoms with van der Waals surface area (Å²) in [5.41, 5.74) is 6.16. The summed E-state index contributed by atoms with van der Waals surface area (Å²) in [6, 6.07) is 1.20. The van der Waals surface area contributed by atoms with E-state index in [0.29, 0.717) is 11.6 Å². The molecule has 0 bridgehead atoms. The Morgan fingerprint density at radius 3 is 2.67 bits per heavy atom. The Balaban J connectivity index is 0.00000220. The van der Waals surface area contributed by atoms with Crippen molar-refractivity contribution in [1.29, 1.82) is 0 Å². The molecular weight excluding hydrogens is 316 g/mol. The van der Waals surface area contributed by atoms with Crippen LogP contribution >= 0.6 is 12.4 Å². The fourth-order valence-electron chi connectivity index (χ4n) is 2.02. The van der Waals surface area contributed by atoms with Gasteiger partial charge in [-0.05, 0) is 24.8 Å². The van der Waals surface area contributed by atoms with Crippen molar-refractivity contribution in [3.05, 3.63) is 18.0 Å². The van der Waals surface area contributed by atoms with Crippen LogP contribution in [0.4, 0.5) is 0 Å². The van der Waals surface area contributed by atoms with Gasteiger partial charge in [0, 0.05) is 32.9 Å². The van der Waals surface area contributed by atoms with Crippen molar-refractivity contribution in [2.75, 3.05) is 13.6 Å². The number of carbonyl (C=O) groups is 1. The van der Waals surface area contributed by atoms with Gasteiger partial charge >= 0.3 is 0 Å². The number of nitrogens with one attached hydrogen (secondary N) is 2. The van der Waals surface area contributed by atoms with Crippen molar-refractivity contribution in [1.82, 2.24) is 14.6 Å². The molecule has 1 aromatic rings. The van der Waals surface area contributed by atoms with E-state index in [2.05, 4.69) is 10.0 Å². The number of carbonyl (C=O) groups excluding carboxylic acids is 1. The van der Waals surface area contributed by atoms with E-state index < -0.39 is 10.0 Å². The van der Waals surface area contributed by atoms with Gasteiger partial charge in [-0.2, -0.15) is 0 Å². The van der Waals surface area contributed by atoms with Gasteiger partial charge < -0.3 is 15.6 Å². The van der Waals surface area contributed by atoms with Crippen LogP contribution in [-0.4, -0.2) is 38.5 Å². The number of nitrogens with zero attached hydrogens (tertiary/aromatic N) is 1. The summed E-state index contributed by atoms with van der Waals surface area (Å²) in [4.78, 5) is 11.6. The zero-order valence-electron chi connectivity index (χ0n) is 12.0. The summed E-state index contributed by atoms with van der Waals surface area (Å²) in [6.07, 6.45) is 3.54. The third-order valence-electron chi connectivity index (χ3n) is 3.49. The highest BCUT2D eigenvalue weighted by Gasteiger charge is 2.29. The lowest BCUT2D eigenvalue weighted by Gasteiger charge is -2.11. The van der Waals surface area contributed by atoms with Gasteiger partial charge in [0.1, 0.15) is 10.6 Å². The van der Waals surface area contributed by atoms with Crippen LogP contribution in [0.3, 0.4) is 0 Å². The van der Waals surface area contributed by atoms with Gasteiger partial charge in [0.25, 0.3) is 5.91 Å². The van der Waals surface area contributed by atoms with Crippen LogP contribution in [0.1, 0.15) is 23.3 Å². The molecule has 1 heterocycles. The van der Waals surface area contributed by atoms with Gasteiger partial charge in [-0.3, -0.25) is 4.79 Å². The van der Waals surface area contributed by atoms with E-state index in [-0.39, 0.29) is 35.8 Å². The van der Waals surface area contributed by atoms with E-state index in [9.17, 15) is 13.2 Å². The van der Waals surface area contributed by atoms with Crippen molar-refractivity contribution in [3.63, 3.8) is 0 Å². The Kier molecular flexibility index (Phi) is 5.80. The fraction of sp³-hybridized carbons (Fsp3) is 0.583. The summed E-state index contributed by atoms with van der Waals surface area (Å²) in [7, 11) is -0.514. The zero-order chi connectivity index (χ0) is 14.9. The second-order valence-electron chi connectivity index (χ2n) is 5.10. The molecule has 1 aliphatic carbocycles. The molecule has 1 aromatic heterocycles. The molecule has 9 heteroatoms. The standard InChI is InChI=1S/C12H20N4O3S.ClH/c1-14-12(17)11-5-9(7-16(11)2)20(18,19)15-6-10(13)8-3-4-8;/h5,7-8,10,15H,3-4,6,13H2,1-2H3,(H,14,17);1H. The van der Waals surface area contributed by atoms with Crippen molar-refractivity contribution >= 4 is 28.3 Å². The van der Waals surface area contributed by atoms with Gasteiger partial charge in [-0.1, -0.05) is 0 Å². The lowest BCUT2D eigenvalue weighted by Crippen LogP contribution is -2.38. The van der Waals surface area contributed by atoms with E-state index >= 15 is 0 Å². The molecule has 1 atom stereocenters. The summed E-state index contributed by atoms with van der Waals surface area (Å²) in [6.45, 7) is 0.219. The summed E-state index contributed by atoms with van der Waals surface area (Å²) >= 11 is 0. The maximum atomic E-state index is 12.1. The predicted octanol–water partition coefficient (Wildman–Crippen LogP) is -0.178. The Hall–Kier alpha value is -1.09. The van der Waals surface area contributed by atoms with Crippen molar-refractivity contribution in [2.45, 2.75) is 23.8 Å². The number of hydrogen-bond acceptors (Lipinski definition) is 4. The highest BCUT2D eigenvalue weighted by molar-refractivity contribution is 7.89. The maximum absolute atomic E-state index is 12.1. The predicted molar refractivity (Wildman–Crippen MR) is 81.9 cm³/mol. The molecule has 4 N–H and O–H groups in total. The van der Waals surface area contributed by atoms with Gasteiger partial charge in [0.05, 0.1) is 0 Å². The van der Waals surface area contributed by atoms with Gasteiger partial charge in [0.15, 0.2) is 0 Å². The quantitative estimate of drug-likeness (QED) is 0.670. The van der Waals surface area contributed by atoms with E-state index in [1.165, 1.54) is 23.9 Å². The topological polar surface area (TPSA) is 106 Å². The molecule has 0 aliphatic heterocycles. The fourth-order valence-corrected chi connectivity index (χ4v) is 3.16. The third kappa shape index (κ3) is 4.19. The molecule has 1 aliphatic rings. The maximum Gasteiger partial charge on any atom is 0.267 e. The first-order valence-corrected chi connectivity index (χ1v) is 7.97. The second kappa shape index (κ2) is 6.78. The molecule has 1 amide bonds. The molecule has 1 fully saturated rings. The third-order valence-corrected chi connectivity index (χ3v) is 4.88. The number of hydrogen-bond donors (Lipinski definition) is 3. The van der Waals surface area contributed by atoms with Crippen LogP contribution < -0.4 is 15.8 Å². The lowest BCUT2D eigenvalue weighted by molar-refractivity contribution is 0.0955. The van der Waals surface area contributed by atoms with Crippen LogP contribution in [0.15, 0.2) is 17.2 Å². The van der Waals surface area contributed by atoms with E-state index in [4.69, 9.17) is 5.73 Å². The molecule has 120 valence electrons. The summed E-state index contributed by atoms with van der Waals surface area (Å²) < 4.78 is 28.3. The van der Waals surface area contributed by atoms with Crippen molar-refractivity contribution in [2.24, 2.45) is 18.7 Å².